The Balaban J connectivity index is 3.35. The molecule has 0 spiro atoms. The molecule has 0 aliphatic heterocycles. The van der Waals surface area contributed by atoms with Gasteiger partial charge in [0.15, 0.2) is 0 Å². The van der Waals surface area contributed by atoms with E-state index in [0.717, 1.165) is 25.7 Å². The molecule has 2 unspecified atom stereocenters. The highest BCUT2D eigenvalue weighted by atomic mass is 16.3. The summed E-state index contributed by atoms with van der Waals surface area (Å²) in [5.74, 6) is -0.0194. The Kier molecular flexibility index (Phi) is 71.6. The number of rotatable bonds is 72. The highest BCUT2D eigenvalue weighted by Crippen LogP contribution is 2.20. The molecule has 0 radical (unpaired) electrons. The second-order valence-electron chi connectivity index (χ2n) is 26.4. The van der Waals surface area contributed by atoms with Gasteiger partial charge in [-0.05, 0) is 38.5 Å². The summed E-state index contributed by atoms with van der Waals surface area (Å²) in [6.07, 6.45) is 97.4. The summed E-state index contributed by atoms with van der Waals surface area (Å²) in [5, 5.41) is 23.5. The van der Waals surface area contributed by atoms with E-state index in [1.807, 2.05) is 0 Å². The van der Waals surface area contributed by atoms with Crippen LogP contribution in [-0.4, -0.2) is 34.9 Å². The summed E-state index contributed by atoms with van der Waals surface area (Å²) in [7, 11) is 0. The standard InChI is InChI=1S/C76H151NO3/c1-3-5-7-9-11-13-15-17-19-21-23-25-27-29-31-33-35-36-37-38-39-40-42-44-46-48-50-52-54-56-58-60-62-64-66-68-70-72-76(80)77-74(73-78)75(79)71-69-67-65-63-61-59-57-55-53-51-49-47-45-43-41-34-32-30-28-26-24-22-20-18-16-14-12-10-8-6-4-2/h21,23,74-75,78-79H,3-20,22,24-73H2,1-2H3,(H,77,80)/b23-21-. The smallest absolute Gasteiger partial charge is 0.220 e. The second kappa shape index (κ2) is 72.4. The number of nitrogens with one attached hydrogen (secondary N) is 1. The van der Waals surface area contributed by atoms with Crippen LogP contribution < -0.4 is 5.32 Å². The Bertz CT molecular complexity index is 1140. The van der Waals surface area contributed by atoms with Gasteiger partial charge in [0.2, 0.25) is 5.91 Å². The van der Waals surface area contributed by atoms with Crippen LogP contribution in [0.25, 0.3) is 0 Å². The van der Waals surface area contributed by atoms with E-state index in [-0.39, 0.29) is 12.5 Å². The molecular formula is C76H151NO3. The Morgan fingerprint density at radius 2 is 0.475 bits per heavy atom. The van der Waals surface area contributed by atoms with Gasteiger partial charge in [0.1, 0.15) is 0 Å². The Morgan fingerprint density at radius 3 is 0.688 bits per heavy atom. The van der Waals surface area contributed by atoms with Crippen molar-refractivity contribution >= 4 is 5.91 Å². The molecule has 4 nitrogen and oxygen atoms in total. The zero-order chi connectivity index (χ0) is 57.6. The normalized spacial score (nSPS) is 12.6. The van der Waals surface area contributed by atoms with Crippen LogP contribution >= 0.6 is 0 Å². The van der Waals surface area contributed by atoms with Crippen LogP contribution in [0.2, 0.25) is 0 Å². The lowest BCUT2D eigenvalue weighted by Crippen LogP contribution is -2.45. The fraction of sp³-hybridized carbons (Fsp3) is 0.961. The summed E-state index contributed by atoms with van der Waals surface area (Å²) < 4.78 is 0. The molecule has 4 heteroatoms. The van der Waals surface area contributed by atoms with E-state index >= 15 is 0 Å². The van der Waals surface area contributed by atoms with E-state index in [0.29, 0.717) is 12.8 Å². The third-order valence-electron chi connectivity index (χ3n) is 18.3. The molecule has 80 heavy (non-hydrogen) atoms. The number of allylic oxidation sites excluding steroid dienone is 2. The van der Waals surface area contributed by atoms with Crippen molar-refractivity contribution in [3.63, 3.8) is 0 Å². The summed E-state index contributed by atoms with van der Waals surface area (Å²) >= 11 is 0. The van der Waals surface area contributed by atoms with Crippen LogP contribution in [0.3, 0.4) is 0 Å². The van der Waals surface area contributed by atoms with Gasteiger partial charge in [-0.15, -0.1) is 0 Å². The quantitative estimate of drug-likeness (QED) is 0.0420. The van der Waals surface area contributed by atoms with Gasteiger partial charge in [0, 0.05) is 6.42 Å². The Morgan fingerprint density at radius 1 is 0.287 bits per heavy atom. The maximum absolute atomic E-state index is 12.6. The van der Waals surface area contributed by atoms with Gasteiger partial charge in [-0.3, -0.25) is 4.79 Å². The molecule has 1 amide bonds. The lowest BCUT2D eigenvalue weighted by molar-refractivity contribution is -0.123. The van der Waals surface area contributed by atoms with Crippen molar-refractivity contribution in [3.05, 3.63) is 12.2 Å². The fourth-order valence-corrected chi connectivity index (χ4v) is 12.5. The highest BCUT2D eigenvalue weighted by molar-refractivity contribution is 5.76. The van der Waals surface area contributed by atoms with Crippen molar-refractivity contribution < 1.29 is 15.0 Å². The number of hydrogen-bond acceptors (Lipinski definition) is 3. The number of unbranched alkanes of at least 4 members (excludes halogenated alkanes) is 63. The maximum atomic E-state index is 12.6. The molecule has 0 aromatic carbocycles. The highest BCUT2D eigenvalue weighted by Gasteiger charge is 2.20. The molecule has 0 fully saturated rings. The average Bonchev–Trinajstić information content (AvgIpc) is 3.46. The van der Waals surface area contributed by atoms with E-state index in [1.54, 1.807) is 0 Å². The van der Waals surface area contributed by atoms with Gasteiger partial charge in [0.05, 0.1) is 18.8 Å². The van der Waals surface area contributed by atoms with Crippen LogP contribution in [0.5, 0.6) is 0 Å². The van der Waals surface area contributed by atoms with Crippen LogP contribution in [0, 0.1) is 0 Å². The first kappa shape index (κ1) is 79.1. The zero-order valence-electron chi connectivity index (χ0n) is 55.4. The third kappa shape index (κ3) is 67.9. The van der Waals surface area contributed by atoms with E-state index in [4.69, 9.17) is 0 Å². The molecule has 0 aromatic rings. The van der Waals surface area contributed by atoms with Crippen molar-refractivity contribution in [1.29, 1.82) is 0 Å². The monoisotopic (exact) mass is 1130 g/mol. The van der Waals surface area contributed by atoms with Crippen molar-refractivity contribution in [2.45, 2.75) is 463 Å². The van der Waals surface area contributed by atoms with Crippen molar-refractivity contribution in [2.24, 2.45) is 0 Å². The summed E-state index contributed by atoms with van der Waals surface area (Å²) in [5.41, 5.74) is 0. The zero-order valence-corrected chi connectivity index (χ0v) is 55.4. The van der Waals surface area contributed by atoms with Crippen LogP contribution in [-0.2, 0) is 4.79 Å². The molecule has 0 saturated carbocycles. The summed E-state index contributed by atoms with van der Waals surface area (Å²) in [6, 6.07) is -0.534. The minimum atomic E-state index is -0.658. The lowest BCUT2D eigenvalue weighted by Gasteiger charge is -2.22. The predicted molar refractivity (Wildman–Crippen MR) is 359 cm³/mol. The Hall–Kier alpha value is -0.870. The number of hydrogen-bond donors (Lipinski definition) is 3. The van der Waals surface area contributed by atoms with Crippen molar-refractivity contribution in [3.8, 4) is 0 Å². The number of aliphatic hydroxyl groups is 2. The van der Waals surface area contributed by atoms with Gasteiger partial charge >= 0.3 is 0 Å². The van der Waals surface area contributed by atoms with E-state index in [9.17, 15) is 15.0 Å². The molecular weight excluding hydrogens is 975 g/mol. The second-order valence-corrected chi connectivity index (χ2v) is 26.4. The molecule has 2 atom stereocenters. The van der Waals surface area contributed by atoms with Crippen LogP contribution in [0.1, 0.15) is 450 Å². The third-order valence-corrected chi connectivity index (χ3v) is 18.3. The van der Waals surface area contributed by atoms with E-state index < -0.39 is 12.1 Å². The Labute approximate surface area is 505 Å². The van der Waals surface area contributed by atoms with Gasteiger partial charge in [-0.1, -0.05) is 418 Å². The topological polar surface area (TPSA) is 69.6 Å². The average molecular weight is 1130 g/mol. The number of aliphatic hydroxyl groups excluding tert-OH is 2. The molecule has 0 aliphatic rings. The van der Waals surface area contributed by atoms with E-state index in [2.05, 4.69) is 31.3 Å². The lowest BCUT2D eigenvalue weighted by atomic mass is 10.0. The number of carbonyl (C=O) groups is 1. The largest absolute Gasteiger partial charge is 0.394 e. The fourth-order valence-electron chi connectivity index (χ4n) is 12.5. The molecule has 0 aromatic heterocycles. The first-order valence-electron chi connectivity index (χ1n) is 37.9. The molecule has 0 aliphatic carbocycles. The molecule has 3 N–H and O–H groups in total. The van der Waals surface area contributed by atoms with Crippen molar-refractivity contribution in [1.82, 2.24) is 5.32 Å². The van der Waals surface area contributed by atoms with E-state index in [1.165, 1.54) is 398 Å². The minimum absolute atomic E-state index is 0.0194. The molecule has 478 valence electrons. The first-order valence-corrected chi connectivity index (χ1v) is 37.9. The number of amides is 1. The number of carbonyl (C=O) groups excluding carboxylic acids is 1. The minimum Gasteiger partial charge on any atom is -0.394 e. The predicted octanol–water partition coefficient (Wildman–Crippen LogP) is 25.9. The molecule has 0 bridgehead atoms. The van der Waals surface area contributed by atoms with Gasteiger partial charge in [-0.2, -0.15) is 0 Å². The SMILES string of the molecule is CCCCCCCCCC/C=C\CCCCCCCCCCCCCCCCCCCCCCCCCCCC(=O)NC(CO)C(O)CCCCCCCCCCCCCCCCCCCCCCCCCCCCCCCCC. The van der Waals surface area contributed by atoms with Crippen LogP contribution in [0.15, 0.2) is 12.2 Å². The molecule has 0 saturated heterocycles. The summed E-state index contributed by atoms with van der Waals surface area (Å²) in [4.78, 5) is 12.6. The van der Waals surface area contributed by atoms with Gasteiger partial charge in [0.25, 0.3) is 0 Å². The van der Waals surface area contributed by atoms with Crippen molar-refractivity contribution in [2.75, 3.05) is 6.61 Å². The summed E-state index contributed by atoms with van der Waals surface area (Å²) in [6.45, 7) is 4.42. The van der Waals surface area contributed by atoms with Crippen LogP contribution in [0.4, 0.5) is 0 Å². The maximum Gasteiger partial charge on any atom is 0.220 e. The molecule has 0 rings (SSSR count). The molecule has 0 heterocycles. The van der Waals surface area contributed by atoms with Gasteiger partial charge < -0.3 is 15.5 Å². The van der Waals surface area contributed by atoms with Gasteiger partial charge in [-0.25, -0.2) is 0 Å². The first-order chi connectivity index (χ1) is 39.7.